The first-order valence-corrected chi connectivity index (χ1v) is 10.3. The number of non-ortho nitro benzene ring substituents is 1. The van der Waals surface area contributed by atoms with Crippen molar-refractivity contribution < 1.29 is 19.2 Å². The van der Waals surface area contributed by atoms with Gasteiger partial charge in [0, 0.05) is 17.8 Å². The molecule has 0 saturated heterocycles. The Labute approximate surface area is 175 Å². The smallest absolute Gasteiger partial charge is 0.310 e. The normalized spacial score (nSPS) is 18.4. The van der Waals surface area contributed by atoms with Gasteiger partial charge in [-0.15, -0.1) is 0 Å². The lowest BCUT2D eigenvalue weighted by atomic mass is 9.78. The van der Waals surface area contributed by atoms with Crippen LogP contribution in [0.25, 0.3) is 0 Å². The van der Waals surface area contributed by atoms with Crippen molar-refractivity contribution in [3.63, 3.8) is 0 Å². The summed E-state index contributed by atoms with van der Waals surface area (Å²) in [6.45, 7) is 2.10. The summed E-state index contributed by atoms with van der Waals surface area (Å²) in [5.74, 6) is -1.45. The van der Waals surface area contributed by atoms with Gasteiger partial charge >= 0.3 is 5.97 Å². The Kier molecular flexibility index (Phi) is 7.17. The van der Waals surface area contributed by atoms with Crippen LogP contribution in [0.15, 0.2) is 48.5 Å². The van der Waals surface area contributed by atoms with Crippen LogP contribution >= 0.6 is 0 Å². The van der Waals surface area contributed by atoms with Crippen molar-refractivity contribution in [2.75, 3.05) is 5.32 Å². The molecule has 1 fully saturated rings. The van der Waals surface area contributed by atoms with Crippen molar-refractivity contribution in [1.82, 2.24) is 0 Å². The summed E-state index contributed by atoms with van der Waals surface area (Å²) < 4.78 is 5.44. The average molecular weight is 410 g/mol. The van der Waals surface area contributed by atoms with Crippen LogP contribution in [0.5, 0.6) is 0 Å². The summed E-state index contributed by atoms with van der Waals surface area (Å²) in [4.78, 5) is 35.8. The summed E-state index contributed by atoms with van der Waals surface area (Å²) in [6.07, 6.45) is 3.98. The van der Waals surface area contributed by atoms with E-state index in [0.29, 0.717) is 18.4 Å². The van der Waals surface area contributed by atoms with Crippen LogP contribution in [-0.2, 0) is 27.4 Å². The molecule has 0 aliphatic heterocycles. The molecule has 0 spiro atoms. The molecule has 1 saturated carbocycles. The zero-order valence-electron chi connectivity index (χ0n) is 17.0. The zero-order valence-corrected chi connectivity index (χ0v) is 17.0. The van der Waals surface area contributed by atoms with Gasteiger partial charge < -0.3 is 10.1 Å². The molecule has 1 N–H and O–H groups in total. The monoisotopic (exact) mass is 410 g/mol. The highest BCUT2D eigenvalue weighted by Gasteiger charge is 2.36. The molecule has 0 radical (unpaired) electrons. The number of hydrogen-bond donors (Lipinski definition) is 1. The molecule has 7 nitrogen and oxygen atoms in total. The average Bonchev–Trinajstić information content (AvgIpc) is 2.78. The third-order valence-corrected chi connectivity index (χ3v) is 5.56. The van der Waals surface area contributed by atoms with Gasteiger partial charge in [0.05, 0.1) is 16.8 Å². The fourth-order valence-corrected chi connectivity index (χ4v) is 3.76. The number of esters is 1. The Hall–Kier alpha value is -3.22. The number of ether oxygens (including phenoxy) is 1. The van der Waals surface area contributed by atoms with Crippen LogP contribution in [0.4, 0.5) is 11.4 Å². The molecule has 0 unspecified atom stereocenters. The minimum atomic E-state index is -0.480. The number of hydrogen-bond acceptors (Lipinski definition) is 5. The molecule has 3 rings (SSSR count). The molecule has 0 aromatic heterocycles. The number of anilines is 1. The highest BCUT2D eigenvalue weighted by molar-refractivity contribution is 5.95. The summed E-state index contributed by atoms with van der Waals surface area (Å²) in [6, 6.07) is 13.6. The van der Waals surface area contributed by atoms with E-state index in [1.807, 2.05) is 24.3 Å². The maximum atomic E-state index is 12.8. The van der Waals surface area contributed by atoms with Crippen LogP contribution < -0.4 is 5.32 Å². The number of nitro groups is 1. The van der Waals surface area contributed by atoms with E-state index in [4.69, 9.17) is 4.74 Å². The van der Waals surface area contributed by atoms with Gasteiger partial charge in [0.15, 0.2) is 0 Å². The first kappa shape index (κ1) is 21.5. The number of benzene rings is 2. The third kappa shape index (κ3) is 5.43. The number of nitro benzene ring substituents is 1. The second kappa shape index (κ2) is 10.0. The van der Waals surface area contributed by atoms with Crippen LogP contribution in [0.1, 0.15) is 43.7 Å². The fourth-order valence-electron chi connectivity index (χ4n) is 3.76. The van der Waals surface area contributed by atoms with Crippen molar-refractivity contribution in [1.29, 1.82) is 0 Å². The van der Waals surface area contributed by atoms with Crippen LogP contribution in [0, 0.1) is 22.0 Å². The Morgan fingerprint density at radius 1 is 1.00 bits per heavy atom. The molecule has 2 atom stereocenters. The Morgan fingerprint density at radius 3 is 2.20 bits per heavy atom. The van der Waals surface area contributed by atoms with E-state index in [-0.39, 0.29) is 18.2 Å². The molecular weight excluding hydrogens is 384 g/mol. The molecule has 1 aliphatic rings. The van der Waals surface area contributed by atoms with Gasteiger partial charge in [-0.1, -0.05) is 31.9 Å². The van der Waals surface area contributed by atoms with Gasteiger partial charge in [-0.05, 0) is 54.7 Å². The summed E-state index contributed by atoms with van der Waals surface area (Å²) in [5, 5.41) is 13.7. The number of amides is 1. The van der Waals surface area contributed by atoms with Gasteiger partial charge in [-0.2, -0.15) is 0 Å². The van der Waals surface area contributed by atoms with Gasteiger partial charge in [-0.3, -0.25) is 19.7 Å². The minimum Gasteiger partial charge on any atom is -0.461 e. The zero-order chi connectivity index (χ0) is 21.5. The predicted molar refractivity (Wildman–Crippen MR) is 113 cm³/mol. The van der Waals surface area contributed by atoms with Gasteiger partial charge in [0.25, 0.3) is 5.69 Å². The van der Waals surface area contributed by atoms with E-state index >= 15 is 0 Å². The quantitative estimate of drug-likeness (QED) is 0.407. The SMILES string of the molecule is CCc1ccc(NC(=O)[C@H]2CCCC[C@@H]2C(=O)OCc2ccc([N+](=O)[O-])cc2)cc1. The first-order valence-electron chi connectivity index (χ1n) is 10.3. The summed E-state index contributed by atoms with van der Waals surface area (Å²) >= 11 is 0. The van der Waals surface area contributed by atoms with Crippen LogP contribution in [0.3, 0.4) is 0 Å². The van der Waals surface area contributed by atoms with Crippen LogP contribution in [0.2, 0.25) is 0 Å². The van der Waals surface area contributed by atoms with Gasteiger partial charge in [0.1, 0.15) is 6.61 Å². The Bertz CT molecular complexity index is 893. The maximum Gasteiger partial charge on any atom is 0.310 e. The molecule has 1 amide bonds. The number of aryl methyl sites for hydroxylation is 1. The Morgan fingerprint density at radius 2 is 1.60 bits per heavy atom. The van der Waals surface area contributed by atoms with Gasteiger partial charge in [0.2, 0.25) is 5.91 Å². The molecule has 0 heterocycles. The molecule has 2 aromatic carbocycles. The van der Waals surface area contributed by atoms with E-state index in [1.165, 1.54) is 17.7 Å². The molecule has 30 heavy (non-hydrogen) atoms. The molecule has 158 valence electrons. The van der Waals surface area contributed by atoms with Crippen molar-refractivity contribution >= 4 is 23.3 Å². The molecule has 1 aliphatic carbocycles. The lowest BCUT2D eigenvalue weighted by Gasteiger charge is -2.29. The highest BCUT2D eigenvalue weighted by atomic mass is 16.6. The van der Waals surface area contributed by atoms with E-state index in [1.54, 1.807) is 12.1 Å². The van der Waals surface area contributed by atoms with E-state index in [0.717, 1.165) is 24.9 Å². The van der Waals surface area contributed by atoms with Crippen molar-refractivity contribution in [3.8, 4) is 0 Å². The van der Waals surface area contributed by atoms with E-state index in [9.17, 15) is 19.7 Å². The minimum absolute atomic E-state index is 0.0129. The lowest BCUT2D eigenvalue weighted by molar-refractivity contribution is -0.384. The number of rotatable bonds is 7. The topological polar surface area (TPSA) is 98.5 Å². The predicted octanol–water partition coefficient (Wildman–Crippen LogP) is 4.65. The summed E-state index contributed by atoms with van der Waals surface area (Å²) in [5.41, 5.74) is 2.57. The third-order valence-electron chi connectivity index (χ3n) is 5.56. The molecule has 0 bridgehead atoms. The number of carbonyl (C=O) groups excluding carboxylic acids is 2. The van der Waals surface area contributed by atoms with Crippen molar-refractivity contribution in [2.45, 2.75) is 45.6 Å². The fraction of sp³-hybridized carbons (Fsp3) is 0.391. The molecular formula is C23H26N2O5. The molecule has 7 heteroatoms. The van der Waals surface area contributed by atoms with Crippen LogP contribution in [-0.4, -0.2) is 16.8 Å². The molecule has 2 aromatic rings. The highest BCUT2D eigenvalue weighted by Crippen LogP contribution is 2.32. The second-order valence-electron chi connectivity index (χ2n) is 7.57. The lowest BCUT2D eigenvalue weighted by Crippen LogP contribution is -2.37. The Balaban J connectivity index is 1.59. The van der Waals surface area contributed by atoms with Crippen molar-refractivity contribution in [2.24, 2.45) is 11.8 Å². The summed E-state index contributed by atoms with van der Waals surface area (Å²) in [7, 11) is 0. The number of carbonyl (C=O) groups is 2. The maximum absolute atomic E-state index is 12.8. The van der Waals surface area contributed by atoms with E-state index < -0.39 is 22.7 Å². The second-order valence-corrected chi connectivity index (χ2v) is 7.57. The first-order chi connectivity index (χ1) is 14.5. The van der Waals surface area contributed by atoms with Gasteiger partial charge in [-0.25, -0.2) is 0 Å². The largest absolute Gasteiger partial charge is 0.461 e. The van der Waals surface area contributed by atoms with E-state index in [2.05, 4.69) is 12.2 Å². The van der Waals surface area contributed by atoms with Crippen molar-refractivity contribution in [3.05, 3.63) is 69.8 Å². The standard InChI is InChI=1S/C23H26N2O5/c1-2-16-7-11-18(12-8-16)24-22(26)20-5-3-4-6-21(20)23(27)30-15-17-9-13-19(14-10-17)25(28)29/h7-14,20-21H,2-6,15H2,1H3,(H,24,26)/t20-,21-/m0/s1. The number of nitrogens with one attached hydrogen (secondary N) is 1. The number of nitrogens with zero attached hydrogens (tertiary/aromatic N) is 1.